The van der Waals surface area contributed by atoms with Gasteiger partial charge in [-0.3, -0.25) is 0 Å². The van der Waals surface area contributed by atoms with Crippen LogP contribution in [0.25, 0.3) is 0 Å². The Labute approximate surface area is 77.4 Å². The summed E-state index contributed by atoms with van der Waals surface area (Å²) in [7, 11) is 0. The predicted octanol–water partition coefficient (Wildman–Crippen LogP) is 4.05. The first-order chi connectivity index (χ1) is 5.54. The molecule has 3 atom stereocenters. The molecule has 0 aromatic heterocycles. The fourth-order valence-electron chi connectivity index (χ4n) is 1.35. The molecule has 0 aliphatic carbocycles. The summed E-state index contributed by atoms with van der Waals surface area (Å²) in [5, 5.41) is 0. The number of rotatable bonds is 4. The Morgan fingerprint density at radius 1 is 1.25 bits per heavy atom. The van der Waals surface area contributed by atoms with E-state index in [2.05, 4.69) is 47.3 Å². The van der Waals surface area contributed by atoms with Crippen LogP contribution in [-0.4, -0.2) is 0 Å². The Morgan fingerprint density at radius 2 is 1.75 bits per heavy atom. The SMILES string of the molecule is C=CC(C)C(C)C(C)C(C)=CC. The van der Waals surface area contributed by atoms with Gasteiger partial charge in [0, 0.05) is 0 Å². The van der Waals surface area contributed by atoms with E-state index in [9.17, 15) is 0 Å². The van der Waals surface area contributed by atoms with Gasteiger partial charge in [-0.15, -0.1) is 6.58 Å². The van der Waals surface area contributed by atoms with Gasteiger partial charge in [-0.1, -0.05) is 38.5 Å². The summed E-state index contributed by atoms with van der Waals surface area (Å²) in [4.78, 5) is 0. The van der Waals surface area contributed by atoms with Gasteiger partial charge in [-0.2, -0.15) is 0 Å². The Hall–Kier alpha value is -0.520. The van der Waals surface area contributed by atoms with Crippen molar-refractivity contribution in [3.8, 4) is 0 Å². The van der Waals surface area contributed by atoms with Crippen molar-refractivity contribution in [2.24, 2.45) is 17.8 Å². The van der Waals surface area contributed by atoms with Gasteiger partial charge in [0.2, 0.25) is 0 Å². The monoisotopic (exact) mass is 166 g/mol. The van der Waals surface area contributed by atoms with E-state index in [1.165, 1.54) is 5.57 Å². The molecule has 70 valence electrons. The predicted molar refractivity (Wildman–Crippen MR) is 57.1 cm³/mol. The molecule has 0 heterocycles. The number of hydrogen-bond donors (Lipinski definition) is 0. The van der Waals surface area contributed by atoms with Crippen molar-refractivity contribution in [2.75, 3.05) is 0 Å². The van der Waals surface area contributed by atoms with Crippen LogP contribution < -0.4 is 0 Å². The van der Waals surface area contributed by atoms with Crippen molar-refractivity contribution < 1.29 is 0 Å². The smallest absolute Gasteiger partial charge is 0.0203 e. The summed E-state index contributed by atoms with van der Waals surface area (Å²) in [5.74, 6) is 1.97. The van der Waals surface area contributed by atoms with E-state index in [0.717, 1.165) is 0 Å². The lowest BCUT2D eigenvalue weighted by Gasteiger charge is -2.24. The Bertz CT molecular complexity index is 165. The van der Waals surface area contributed by atoms with Crippen molar-refractivity contribution in [3.63, 3.8) is 0 Å². The van der Waals surface area contributed by atoms with Gasteiger partial charge >= 0.3 is 0 Å². The minimum atomic E-state index is 0.606. The zero-order valence-electron chi connectivity index (χ0n) is 9.09. The van der Waals surface area contributed by atoms with E-state index in [1.54, 1.807) is 0 Å². The maximum Gasteiger partial charge on any atom is -0.0203 e. The van der Waals surface area contributed by atoms with Crippen LogP contribution in [0.1, 0.15) is 34.6 Å². The standard InChI is InChI=1S/C12H22/c1-7-9(3)11(5)12(6)10(4)8-2/h7-9,11-12H,1H2,2-6H3. The molecule has 0 nitrogen and oxygen atoms in total. The van der Waals surface area contributed by atoms with Gasteiger partial charge in [0.25, 0.3) is 0 Å². The van der Waals surface area contributed by atoms with E-state index < -0.39 is 0 Å². The second kappa shape index (κ2) is 5.18. The lowest BCUT2D eigenvalue weighted by molar-refractivity contribution is 0.358. The van der Waals surface area contributed by atoms with Crippen molar-refractivity contribution in [3.05, 3.63) is 24.3 Å². The van der Waals surface area contributed by atoms with Crippen LogP contribution in [0.5, 0.6) is 0 Å². The molecule has 0 bridgehead atoms. The Morgan fingerprint density at radius 3 is 2.08 bits per heavy atom. The van der Waals surface area contributed by atoms with Gasteiger partial charge in [0.15, 0.2) is 0 Å². The Kier molecular flexibility index (Phi) is 4.96. The summed E-state index contributed by atoms with van der Waals surface area (Å²) >= 11 is 0. The lowest BCUT2D eigenvalue weighted by Crippen LogP contribution is -2.15. The molecule has 12 heavy (non-hydrogen) atoms. The van der Waals surface area contributed by atoms with E-state index in [4.69, 9.17) is 0 Å². The highest BCUT2D eigenvalue weighted by Crippen LogP contribution is 2.26. The summed E-state index contributed by atoms with van der Waals surface area (Å²) in [6, 6.07) is 0. The molecule has 0 aliphatic rings. The molecule has 0 radical (unpaired) electrons. The summed E-state index contributed by atoms with van der Waals surface area (Å²) < 4.78 is 0. The zero-order chi connectivity index (χ0) is 9.72. The van der Waals surface area contributed by atoms with Crippen LogP contribution in [-0.2, 0) is 0 Å². The highest BCUT2D eigenvalue weighted by Gasteiger charge is 2.17. The minimum Gasteiger partial charge on any atom is -0.103 e. The first-order valence-electron chi connectivity index (χ1n) is 4.79. The highest BCUT2D eigenvalue weighted by molar-refractivity contribution is 5.03. The van der Waals surface area contributed by atoms with Gasteiger partial charge in [0.05, 0.1) is 0 Å². The van der Waals surface area contributed by atoms with Crippen LogP contribution in [0, 0.1) is 17.8 Å². The normalized spacial score (nSPS) is 19.9. The molecule has 0 aromatic carbocycles. The van der Waals surface area contributed by atoms with Gasteiger partial charge in [-0.05, 0) is 31.6 Å². The third-order valence-corrected chi connectivity index (χ3v) is 3.16. The van der Waals surface area contributed by atoms with Crippen LogP contribution >= 0.6 is 0 Å². The fraction of sp³-hybridized carbons (Fsp3) is 0.667. The molecule has 0 saturated heterocycles. The number of hydrogen-bond acceptors (Lipinski definition) is 0. The molecule has 0 fully saturated rings. The molecule has 0 N–H and O–H groups in total. The topological polar surface area (TPSA) is 0 Å². The summed E-state index contributed by atoms with van der Waals surface area (Å²) in [6.45, 7) is 15.0. The highest BCUT2D eigenvalue weighted by atomic mass is 14.2. The molecule has 0 amide bonds. The minimum absolute atomic E-state index is 0.606. The average molecular weight is 166 g/mol. The van der Waals surface area contributed by atoms with Crippen molar-refractivity contribution in [1.82, 2.24) is 0 Å². The maximum absolute atomic E-state index is 3.83. The molecule has 0 spiro atoms. The van der Waals surface area contributed by atoms with Gasteiger partial charge in [-0.25, -0.2) is 0 Å². The first-order valence-corrected chi connectivity index (χ1v) is 4.79. The third-order valence-electron chi connectivity index (χ3n) is 3.16. The average Bonchev–Trinajstić information content (AvgIpc) is 2.12. The second-order valence-electron chi connectivity index (χ2n) is 3.78. The van der Waals surface area contributed by atoms with Crippen molar-refractivity contribution in [1.29, 1.82) is 0 Å². The largest absolute Gasteiger partial charge is 0.103 e. The Balaban J connectivity index is 4.27. The van der Waals surface area contributed by atoms with E-state index >= 15 is 0 Å². The van der Waals surface area contributed by atoms with Gasteiger partial charge < -0.3 is 0 Å². The van der Waals surface area contributed by atoms with Gasteiger partial charge in [0.1, 0.15) is 0 Å². The van der Waals surface area contributed by atoms with E-state index in [0.29, 0.717) is 17.8 Å². The van der Waals surface area contributed by atoms with E-state index in [1.807, 2.05) is 6.08 Å². The maximum atomic E-state index is 3.83. The van der Waals surface area contributed by atoms with Crippen LogP contribution in [0.15, 0.2) is 24.3 Å². The zero-order valence-corrected chi connectivity index (χ0v) is 9.09. The molecule has 0 saturated carbocycles. The second-order valence-corrected chi connectivity index (χ2v) is 3.78. The van der Waals surface area contributed by atoms with E-state index in [-0.39, 0.29) is 0 Å². The van der Waals surface area contributed by atoms with Crippen LogP contribution in [0.2, 0.25) is 0 Å². The van der Waals surface area contributed by atoms with Crippen molar-refractivity contribution >= 4 is 0 Å². The molecule has 3 unspecified atom stereocenters. The van der Waals surface area contributed by atoms with Crippen LogP contribution in [0.4, 0.5) is 0 Å². The molecular formula is C12H22. The molecule has 0 aliphatic heterocycles. The number of allylic oxidation sites excluding steroid dienone is 3. The fourth-order valence-corrected chi connectivity index (χ4v) is 1.35. The molecule has 0 heteroatoms. The quantitative estimate of drug-likeness (QED) is 0.553. The summed E-state index contributed by atoms with van der Waals surface area (Å²) in [6.07, 6.45) is 4.25. The lowest BCUT2D eigenvalue weighted by atomic mass is 9.81. The first kappa shape index (κ1) is 11.5. The van der Waals surface area contributed by atoms with Crippen molar-refractivity contribution in [2.45, 2.75) is 34.6 Å². The summed E-state index contributed by atoms with van der Waals surface area (Å²) in [5.41, 5.74) is 1.48. The molecule has 0 rings (SSSR count). The molecular weight excluding hydrogens is 144 g/mol. The third kappa shape index (κ3) is 2.84. The van der Waals surface area contributed by atoms with Crippen LogP contribution in [0.3, 0.4) is 0 Å². The molecule has 0 aromatic rings.